The number of hydrogen-bond donors (Lipinski definition) is 0. The van der Waals surface area contributed by atoms with Crippen molar-refractivity contribution in [3.8, 4) is 0 Å². The van der Waals surface area contributed by atoms with Crippen LogP contribution in [0.1, 0.15) is 49.4 Å². The van der Waals surface area contributed by atoms with Gasteiger partial charge in [0.1, 0.15) is 6.04 Å². The minimum Gasteiger partial charge on any atom is -0.464 e. The maximum absolute atomic E-state index is 11.6. The molecule has 6 heteroatoms. The largest absolute Gasteiger partial charge is 0.464 e. The summed E-state index contributed by atoms with van der Waals surface area (Å²) in [7, 11) is 0. The molecule has 0 spiro atoms. The van der Waals surface area contributed by atoms with E-state index >= 15 is 0 Å². The third-order valence-electron chi connectivity index (χ3n) is 2.42. The number of esters is 1. The van der Waals surface area contributed by atoms with E-state index in [1.807, 2.05) is 6.92 Å². The van der Waals surface area contributed by atoms with Crippen LogP contribution in [0, 0.1) is 6.92 Å². The van der Waals surface area contributed by atoms with E-state index in [2.05, 4.69) is 10.3 Å². The number of carbonyl (C=O) groups excluding carboxylic acids is 2. The van der Waals surface area contributed by atoms with Crippen LogP contribution < -0.4 is 0 Å². The number of ketones is 1. The zero-order chi connectivity index (χ0) is 13.0. The Balaban J connectivity index is 2.86. The molecule has 0 bridgehead atoms. The van der Waals surface area contributed by atoms with E-state index in [0.29, 0.717) is 18.0 Å². The maximum Gasteiger partial charge on any atom is 0.330 e. The highest BCUT2D eigenvalue weighted by molar-refractivity contribution is 5.93. The Morgan fingerprint density at radius 3 is 2.59 bits per heavy atom. The van der Waals surface area contributed by atoms with Crippen LogP contribution in [0.2, 0.25) is 0 Å². The Labute approximate surface area is 99.9 Å². The number of Topliss-reactive ketones (excluding diaryl/α,β-unsaturated/α-hetero) is 1. The summed E-state index contributed by atoms with van der Waals surface area (Å²) in [5.74, 6) is -0.530. The molecule has 0 fully saturated rings. The molecule has 0 aliphatic rings. The quantitative estimate of drug-likeness (QED) is 0.572. The van der Waals surface area contributed by atoms with Crippen molar-refractivity contribution >= 4 is 11.8 Å². The molecule has 0 saturated heterocycles. The SMILES string of the molecule is CCCOC(=O)C(C)n1nnc(C(C)=O)c1C. The lowest BCUT2D eigenvalue weighted by Gasteiger charge is -2.12. The van der Waals surface area contributed by atoms with Crippen LogP contribution in [0.15, 0.2) is 0 Å². The second-order valence-electron chi connectivity index (χ2n) is 3.87. The van der Waals surface area contributed by atoms with Crippen molar-refractivity contribution in [1.82, 2.24) is 15.0 Å². The topological polar surface area (TPSA) is 74.1 Å². The highest BCUT2D eigenvalue weighted by atomic mass is 16.5. The van der Waals surface area contributed by atoms with Gasteiger partial charge in [-0.25, -0.2) is 9.48 Å². The number of hydrogen-bond acceptors (Lipinski definition) is 5. The van der Waals surface area contributed by atoms with E-state index in [0.717, 1.165) is 6.42 Å². The Morgan fingerprint density at radius 2 is 2.12 bits per heavy atom. The summed E-state index contributed by atoms with van der Waals surface area (Å²) in [4.78, 5) is 22.8. The van der Waals surface area contributed by atoms with Crippen molar-refractivity contribution in [3.63, 3.8) is 0 Å². The maximum atomic E-state index is 11.6. The Morgan fingerprint density at radius 1 is 1.47 bits per heavy atom. The molecule has 0 N–H and O–H groups in total. The van der Waals surface area contributed by atoms with Gasteiger partial charge in [-0.2, -0.15) is 0 Å². The third kappa shape index (κ3) is 2.89. The standard InChI is InChI=1S/C11H17N3O3/c1-5-6-17-11(16)8(3)14-7(2)10(9(4)15)12-13-14/h8H,5-6H2,1-4H3. The fraction of sp³-hybridized carbons (Fsp3) is 0.636. The first-order valence-corrected chi connectivity index (χ1v) is 5.58. The number of ether oxygens (including phenoxy) is 1. The molecule has 1 aromatic rings. The van der Waals surface area contributed by atoms with Crippen molar-refractivity contribution in [3.05, 3.63) is 11.4 Å². The molecule has 0 aliphatic carbocycles. The summed E-state index contributed by atoms with van der Waals surface area (Å²) in [6.07, 6.45) is 0.771. The molecule has 6 nitrogen and oxygen atoms in total. The zero-order valence-electron chi connectivity index (χ0n) is 10.6. The number of carbonyl (C=O) groups is 2. The van der Waals surface area contributed by atoms with Crippen molar-refractivity contribution < 1.29 is 14.3 Å². The first-order valence-electron chi connectivity index (χ1n) is 5.58. The Bertz CT molecular complexity index is 426. The highest BCUT2D eigenvalue weighted by Gasteiger charge is 2.22. The Kier molecular flexibility index (Phi) is 4.37. The summed E-state index contributed by atoms with van der Waals surface area (Å²) in [5.41, 5.74) is 0.874. The molecule has 0 aromatic carbocycles. The van der Waals surface area contributed by atoms with Crippen LogP contribution >= 0.6 is 0 Å². The van der Waals surface area contributed by atoms with E-state index < -0.39 is 6.04 Å². The summed E-state index contributed by atoms with van der Waals surface area (Å²) in [5, 5.41) is 7.57. The van der Waals surface area contributed by atoms with Crippen LogP contribution in [0.5, 0.6) is 0 Å². The average molecular weight is 239 g/mol. The molecule has 1 heterocycles. The van der Waals surface area contributed by atoms with Crippen molar-refractivity contribution in [1.29, 1.82) is 0 Å². The normalized spacial score (nSPS) is 12.2. The van der Waals surface area contributed by atoms with Crippen LogP contribution in [0.3, 0.4) is 0 Å². The molecule has 1 unspecified atom stereocenters. The molecule has 0 saturated carbocycles. The van der Waals surface area contributed by atoms with Crippen LogP contribution in [-0.2, 0) is 9.53 Å². The summed E-state index contributed by atoms with van der Waals surface area (Å²) in [6.45, 7) is 7.11. The highest BCUT2D eigenvalue weighted by Crippen LogP contribution is 2.13. The molecule has 0 aliphatic heterocycles. The van der Waals surface area contributed by atoms with Crippen LogP contribution in [0.4, 0.5) is 0 Å². The Hall–Kier alpha value is -1.72. The van der Waals surface area contributed by atoms with Gasteiger partial charge >= 0.3 is 5.97 Å². The minimum absolute atomic E-state index is 0.164. The van der Waals surface area contributed by atoms with Gasteiger partial charge in [0.2, 0.25) is 0 Å². The second kappa shape index (κ2) is 5.56. The molecule has 0 amide bonds. The second-order valence-corrected chi connectivity index (χ2v) is 3.87. The first-order chi connectivity index (χ1) is 7.99. The molecular weight excluding hydrogens is 222 g/mol. The smallest absolute Gasteiger partial charge is 0.330 e. The lowest BCUT2D eigenvalue weighted by Crippen LogP contribution is -2.21. The van der Waals surface area contributed by atoms with Gasteiger partial charge in [-0.3, -0.25) is 4.79 Å². The molecular formula is C11H17N3O3. The van der Waals surface area contributed by atoms with Gasteiger partial charge in [-0.1, -0.05) is 12.1 Å². The lowest BCUT2D eigenvalue weighted by atomic mass is 10.2. The fourth-order valence-corrected chi connectivity index (χ4v) is 1.46. The van der Waals surface area contributed by atoms with Gasteiger partial charge in [-0.15, -0.1) is 5.10 Å². The molecule has 94 valence electrons. The van der Waals surface area contributed by atoms with Crippen molar-refractivity contribution in [2.24, 2.45) is 0 Å². The monoisotopic (exact) mass is 239 g/mol. The number of nitrogens with zero attached hydrogens (tertiary/aromatic N) is 3. The van der Waals surface area contributed by atoms with E-state index in [1.54, 1.807) is 13.8 Å². The van der Waals surface area contributed by atoms with E-state index in [9.17, 15) is 9.59 Å². The fourth-order valence-electron chi connectivity index (χ4n) is 1.46. The van der Waals surface area contributed by atoms with Gasteiger partial charge in [0, 0.05) is 6.92 Å². The van der Waals surface area contributed by atoms with Crippen molar-refractivity contribution in [2.45, 2.75) is 40.2 Å². The predicted molar refractivity (Wildman–Crippen MR) is 60.7 cm³/mol. The summed E-state index contributed by atoms with van der Waals surface area (Å²) in [6, 6.07) is -0.567. The van der Waals surface area contributed by atoms with E-state index in [1.165, 1.54) is 11.6 Å². The van der Waals surface area contributed by atoms with Gasteiger partial charge in [0.25, 0.3) is 0 Å². The summed E-state index contributed by atoms with van der Waals surface area (Å²) >= 11 is 0. The van der Waals surface area contributed by atoms with Gasteiger partial charge in [0.05, 0.1) is 12.3 Å². The van der Waals surface area contributed by atoms with Gasteiger partial charge in [0.15, 0.2) is 11.5 Å². The van der Waals surface area contributed by atoms with Gasteiger partial charge < -0.3 is 4.74 Å². The summed E-state index contributed by atoms with van der Waals surface area (Å²) < 4.78 is 6.43. The van der Waals surface area contributed by atoms with Gasteiger partial charge in [-0.05, 0) is 20.3 Å². The molecule has 1 atom stereocenters. The third-order valence-corrected chi connectivity index (χ3v) is 2.42. The first kappa shape index (κ1) is 13.3. The minimum atomic E-state index is -0.567. The number of rotatable bonds is 5. The average Bonchev–Trinajstić information content (AvgIpc) is 2.67. The van der Waals surface area contributed by atoms with E-state index in [4.69, 9.17) is 4.74 Å². The van der Waals surface area contributed by atoms with Crippen LogP contribution in [-0.4, -0.2) is 33.4 Å². The van der Waals surface area contributed by atoms with E-state index in [-0.39, 0.29) is 11.8 Å². The van der Waals surface area contributed by atoms with Crippen LogP contribution in [0.25, 0.3) is 0 Å². The molecule has 17 heavy (non-hydrogen) atoms. The predicted octanol–water partition coefficient (Wildman–Crippen LogP) is 1.30. The number of aromatic nitrogens is 3. The molecule has 1 rings (SSSR count). The zero-order valence-corrected chi connectivity index (χ0v) is 10.6. The molecule has 0 radical (unpaired) electrons. The molecule has 1 aromatic heterocycles. The lowest BCUT2D eigenvalue weighted by molar-refractivity contribution is -0.147. The van der Waals surface area contributed by atoms with Crippen molar-refractivity contribution in [2.75, 3.05) is 6.61 Å².